The minimum absolute atomic E-state index is 0.280. The maximum Gasteiger partial charge on any atom is 0.213 e. The maximum absolute atomic E-state index is 5.79. The first-order chi connectivity index (χ1) is 7.59. The average Bonchev–Trinajstić information content (AvgIpc) is 2.28. The molecule has 82 valence electrons. The molecule has 7 heteroatoms. The Morgan fingerprint density at radius 3 is 2.50 bits per heavy atom. The van der Waals surface area contributed by atoms with E-state index < -0.39 is 0 Å². The van der Waals surface area contributed by atoms with Gasteiger partial charge in [-0.3, -0.25) is 5.10 Å². The van der Waals surface area contributed by atoms with Gasteiger partial charge in [-0.25, -0.2) is 4.68 Å². The summed E-state index contributed by atoms with van der Waals surface area (Å²) in [5, 5.41) is 7.34. The predicted molar refractivity (Wildman–Crippen MR) is 68.8 cm³/mol. The van der Waals surface area contributed by atoms with Crippen molar-refractivity contribution in [2.24, 2.45) is 0 Å². The molecule has 0 radical (unpaired) electrons. The van der Waals surface area contributed by atoms with Crippen LogP contribution in [0.1, 0.15) is 0 Å². The molecule has 3 N–H and O–H groups in total. The van der Waals surface area contributed by atoms with Crippen LogP contribution in [0.15, 0.2) is 24.3 Å². The van der Waals surface area contributed by atoms with Gasteiger partial charge in [0.05, 0.1) is 0 Å². The van der Waals surface area contributed by atoms with Crippen LogP contribution in [0.2, 0.25) is 5.02 Å². The summed E-state index contributed by atoms with van der Waals surface area (Å²) in [7, 11) is 0. The SMILES string of the molecule is Nn1c(=S)[nH]nc(-c2ccc(Cl)cc2)c1=S. The number of nitrogens with two attached hydrogens (primary N) is 1. The number of nitrogen functional groups attached to an aromatic ring is 1. The first kappa shape index (κ1) is 11.3. The zero-order chi connectivity index (χ0) is 11.7. The van der Waals surface area contributed by atoms with Gasteiger partial charge in [-0.2, -0.15) is 5.10 Å². The fourth-order valence-electron chi connectivity index (χ4n) is 1.21. The van der Waals surface area contributed by atoms with E-state index in [0.29, 0.717) is 15.4 Å². The van der Waals surface area contributed by atoms with Crippen LogP contribution in [0.25, 0.3) is 11.3 Å². The van der Waals surface area contributed by atoms with Crippen LogP contribution in [0, 0.1) is 9.41 Å². The lowest BCUT2D eigenvalue weighted by molar-refractivity contribution is 0.827. The smallest absolute Gasteiger partial charge is 0.213 e. The normalized spacial score (nSPS) is 10.3. The molecule has 0 saturated heterocycles. The molecule has 1 aromatic heterocycles. The van der Waals surface area contributed by atoms with E-state index in [0.717, 1.165) is 5.56 Å². The third-order valence-corrected chi connectivity index (χ3v) is 2.95. The molecule has 0 aliphatic carbocycles. The van der Waals surface area contributed by atoms with E-state index >= 15 is 0 Å². The summed E-state index contributed by atoms with van der Waals surface area (Å²) in [5.41, 5.74) is 1.41. The van der Waals surface area contributed by atoms with Crippen molar-refractivity contribution in [3.63, 3.8) is 0 Å². The molecule has 4 nitrogen and oxygen atoms in total. The summed E-state index contributed by atoms with van der Waals surface area (Å²) in [5.74, 6) is 5.66. The fraction of sp³-hybridized carbons (Fsp3) is 0. The van der Waals surface area contributed by atoms with Crippen molar-refractivity contribution in [2.45, 2.75) is 0 Å². The second kappa shape index (κ2) is 4.32. The van der Waals surface area contributed by atoms with Gasteiger partial charge in [0.25, 0.3) is 0 Å². The third-order valence-electron chi connectivity index (χ3n) is 2.02. The Morgan fingerprint density at radius 1 is 1.25 bits per heavy atom. The lowest BCUT2D eigenvalue weighted by Crippen LogP contribution is -2.14. The monoisotopic (exact) mass is 270 g/mol. The van der Waals surface area contributed by atoms with Gasteiger partial charge >= 0.3 is 0 Å². The topological polar surface area (TPSA) is 59.6 Å². The van der Waals surface area contributed by atoms with Gasteiger partial charge in [0.2, 0.25) is 4.77 Å². The molecule has 1 heterocycles. The van der Waals surface area contributed by atoms with Crippen LogP contribution in [0.3, 0.4) is 0 Å². The average molecular weight is 271 g/mol. The van der Waals surface area contributed by atoms with Crippen molar-refractivity contribution in [3.05, 3.63) is 38.7 Å². The van der Waals surface area contributed by atoms with Crippen molar-refractivity contribution < 1.29 is 0 Å². The van der Waals surface area contributed by atoms with Crippen LogP contribution in [-0.4, -0.2) is 14.9 Å². The summed E-state index contributed by atoms with van der Waals surface area (Å²) in [6.45, 7) is 0. The maximum atomic E-state index is 5.79. The van der Waals surface area contributed by atoms with Gasteiger partial charge in [-0.1, -0.05) is 36.0 Å². The number of aromatic nitrogens is 3. The molecule has 0 unspecified atom stereocenters. The predicted octanol–water partition coefficient (Wildman–Crippen LogP) is 2.70. The molecule has 16 heavy (non-hydrogen) atoms. The number of rotatable bonds is 1. The highest BCUT2D eigenvalue weighted by Crippen LogP contribution is 2.19. The van der Waals surface area contributed by atoms with E-state index in [-0.39, 0.29) is 4.77 Å². The molecule has 2 aromatic rings. The molecule has 0 amide bonds. The highest BCUT2D eigenvalue weighted by atomic mass is 35.5. The number of hydrogen-bond acceptors (Lipinski definition) is 4. The minimum atomic E-state index is 0.280. The van der Waals surface area contributed by atoms with Gasteiger partial charge < -0.3 is 5.84 Å². The lowest BCUT2D eigenvalue weighted by atomic mass is 10.2. The van der Waals surface area contributed by atoms with E-state index in [9.17, 15) is 0 Å². The molecule has 1 aromatic carbocycles. The van der Waals surface area contributed by atoms with E-state index in [1.165, 1.54) is 4.68 Å². The Morgan fingerprint density at radius 2 is 1.88 bits per heavy atom. The van der Waals surface area contributed by atoms with Crippen molar-refractivity contribution in [2.75, 3.05) is 5.84 Å². The van der Waals surface area contributed by atoms with Crippen molar-refractivity contribution in [3.8, 4) is 11.3 Å². The molecule has 0 aliphatic rings. The van der Waals surface area contributed by atoms with E-state index in [1.807, 2.05) is 12.1 Å². The van der Waals surface area contributed by atoms with Crippen molar-refractivity contribution in [1.29, 1.82) is 0 Å². The molecule has 0 aliphatic heterocycles. The van der Waals surface area contributed by atoms with Crippen LogP contribution in [0.4, 0.5) is 0 Å². The Bertz CT molecular complexity index is 629. The second-order valence-corrected chi connectivity index (χ2v) is 4.27. The summed E-state index contributed by atoms with van der Waals surface area (Å²) < 4.78 is 1.87. The summed E-state index contributed by atoms with van der Waals surface area (Å²) >= 11 is 15.8. The van der Waals surface area contributed by atoms with Crippen LogP contribution in [-0.2, 0) is 0 Å². The number of benzene rings is 1. The molecule has 0 atom stereocenters. The van der Waals surface area contributed by atoms with Crippen LogP contribution < -0.4 is 5.84 Å². The Balaban J connectivity index is 2.66. The van der Waals surface area contributed by atoms with Crippen molar-refractivity contribution in [1.82, 2.24) is 14.9 Å². The Kier molecular flexibility index (Phi) is 3.04. The highest BCUT2D eigenvalue weighted by Gasteiger charge is 2.04. The van der Waals surface area contributed by atoms with Gasteiger partial charge in [0, 0.05) is 10.6 Å². The quantitative estimate of drug-likeness (QED) is 0.618. The molecular formula is C9H7ClN4S2. The van der Waals surface area contributed by atoms with E-state index in [1.54, 1.807) is 12.1 Å². The second-order valence-electron chi connectivity index (χ2n) is 3.06. The van der Waals surface area contributed by atoms with Gasteiger partial charge in [0.15, 0.2) is 4.64 Å². The summed E-state index contributed by atoms with van der Waals surface area (Å²) in [6, 6.07) is 7.15. The van der Waals surface area contributed by atoms with Crippen LogP contribution in [0.5, 0.6) is 0 Å². The van der Waals surface area contributed by atoms with Gasteiger partial charge in [0.1, 0.15) is 5.69 Å². The number of hydrogen-bond donors (Lipinski definition) is 2. The molecule has 0 fully saturated rings. The summed E-state index contributed by atoms with van der Waals surface area (Å²) in [4.78, 5) is 0. The zero-order valence-electron chi connectivity index (χ0n) is 7.98. The molecule has 0 spiro atoms. The number of aromatic amines is 1. The van der Waals surface area contributed by atoms with E-state index in [2.05, 4.69) is 10.2 Å². The van der Waals surface area contributed by atoms with E-state index in [4.69, 9.17) is 41.9 Å². The standard InChI is InChI=1S/C9H7ClN4S2/c10-6-3-1-5(2-4-6)7-8(15)14(11)9(16)13-12-7/h1-4H,11H2,(H,13,16). The number of H-pyrrole nitrogens is 1. The number of halogens is 1. The molecule has 0 bridgehead atoms. The van der Waals surface area contributed by atoms with Crippen LogP contribution >= 0.6 is 36.0 Å². The Labute approximate surface area is 107 Å². The first-order valence-corrected chi connectivity index (χ1v) is 5.52. The van der Waals surface area contributed by atoms with Gasteiger partial charge in [-0.05, 0) is 24.4 Å². The zero-order valence-corrected chi connectivity index (χ0v) is 10.4. The highest BCUT2D eigenvalue weighted by molar-refractivity contribution is 7.72. The number of nitrogens with zero attached hydrogens (tertiary/aromatic N) is 2. The molecule has 0 saturated carbocycles. The lowest BCUT2D eigenvalue weighted by Gasteiger charge is -2.04. The molecule has 2 rings (SSSR count). The third kappa shape index (κ3) is 1.99. The Hall–Kier alpha value is -1.24. The van der Waals surface area contributed by atoms with Crippen molar-refractivity contribution >= 4 is 36.0 Å². The largest absolute Gasteiger partial charge is 0.336 e. The first-order valence-electron chi connectivity index (χ1n) is 4.32. The minimum Gasteiger partial charge on any atom is -0.336 e. The van der Waals surface area contributed by atoms with Gasteiger partial charge in [-0.15, -0.1) is 0 Å². The summed E-state index contributed by atoms with van der Waals surface area (Å²) in [6.07, 6.45) is 0. The fourth-order valence-corrected chi connectivity index (χ4v) is 1.78. The number of nitrogens with one attached hydrogen (secondary N) is 1. The molecular weight excluding hydrogens is 264 g/mol.